The number of nitro benzene ring substituents is 1. The van der Waals surface area contributed by atoms with Crippen LogP contribution in [0, 0.1) is 10.1 Å². The normalized spacial score (nSPS) is 24.2. The van der Waals surface area contributed by atoms with Gasteiger partial charge in [-0.2, -0.15) is 0 Å². The van der Waals surface area contributed by atoms with Gasteiger partial charge in [0, 0.05) is 37.8 Å². The minimum Gasteiger partial charge on any atom is -0.372 e. The number of hydrogen-bond acceptors (Lipinski definition) is 5. The van der Waals surface area contributed by atoms with Gasteiger partial charge >= 0.3 is 0 Å². The van der Waals surface area contributed by atoms with Crippen molar-refractivity contribution in [3.63, 3.8) is 0 Å². The van der Waals surface area contributed by atoms with Gasteiger partial charge in [0.2, 0.25) is 0 Å². The molecule has 2 heterocycles. The molecular weight excluding hydrogens is 334 g/mol. The molecule has 0 bridgehead atoms. The van der Waals surface area contributed by atoms with E-state index in [1.165, 1.54) is 6.07 Å². The van der Waals surface area contributed by atoms with E-state index >= 15 is 0 Å². The lowest BCUT2D eigenvalue weighted by atomic mass is 10.1. The van der Waals surface area contributed by atoms with Crippen molar-refractivity contribution in [1.82, 2.24) is 4.90 Å². The molecule has 2 aliphatic rings. The molecule has 26 heavy (non-hydrogen) atoms. The molecule has 1 aromatic rings. The molecule has 1 aromatic carbocycles. The van der Waals surface area contributed by atoms with Gasteiger partial charge in [0.15, 0.2) is 0 Å². The predicted octanol–water partition coefficient (Wildman–Crippen LogP) is 3.22. The lowest BCUT2D eigenvalue weighted by molar-refractivity contribution is -0.384. The highest BCUT2D eigenvalue weighted by Gasteiger charge is 2.29. The monoisotopic (exact) mass is 361 g/mol. The van der Waals surface area contributed by atoms with E-state index in [0.717, 1.165) is 38.8 Å². The molecule has 0 radical (unpaired) electrons. The number of amides is 1. The summed E-state index contributed by atoms with van der Waals surface area (Å²) >= 11 is 0. The van der Waals surface area contributed by atoms with E-state index in [1.807, 2.05) is 13.8 Å². The molecule has 0 spiro atoms. The van der Waals surface area contributed by atoms with Crippen LogP contribution in [-0.2, 0) is 4.74 Å². The molecule has 2 aliphatic heterocycles. The molecule has 7 nitrogen and oxygen atoms in total. The first kappa shape index (κ1) is 18.6. The highest BCUT2D eigenvalue weighted by atomic mass is 16.6. The van der Waals surface area contributed by atoms with Crippen LogP contribution in [0.1, 0.15) is 49.9 Å². The number of anilines is 1. The first-order chi connectivity index (χ1) is 12.5. The lowest BCUT2D eigenvalue weighted by Crippen LogP contribution is -2.48. The Bertz CT molecular complexity index is 661. The summed E-state index contributed by atoms with van der Waals surface area (Å²) < 4.78 is 5.67. The van der Waals surface area contributed by atoms with Gasteiger partial charge in [-0.1, -0.05) is 12.8 Å². The molecule has 0 aromatic heterocycles. The molecule has 2 unspecified atom stereocenters. The number of rotatable bonds is 3. The number of carbonyl (C=O) groups is 1. The molecule has 2 atom stereocenters. The highest BCUT2D eigenvalue weighted by molar-refractivity contribution is 5.96. The lowest BCUT2D eigenvalue weighted by Gasteiger charge is -2.35. The van der Waals surface area contributed by atoms with Gasteiger partial charge in [-0.15, -0.1) is 0 Å². The molecule has 0 saturated carbocycles. The van der Waals surface area contributed by atoms with Gasteiger partial charge in [-0.05, 0) is 38.8 Å². The maximum atomic E-state index is 12.8. The van der Waals surface area contributed by atoms with Crippen LogP contribution in [0.4, 0.5) is 11.4 Å². The van der Waals surface area contributed by atoms with E-state index in [2.05, 4.69) is 4.90 Å². The zero-order chi connectivity index (χ0) is 18.7. The van der Waals surface area contributed by atoms with Crippen LogP contribution in [0.3, 0.4) is 0 Å². The average molecular weight is 361 g/mol. The van der Waals surface area contributed by atoms with E-state index in [0.29, 0.717) is 24.3 Å². The Morgan fingerprint density at radius 3 is 2.31 bits per heavy atom. The van der Waals surface area contributed by atoms with E-state index < -0.39 is 0 Å². The van der Waals surface area contributed by atoms with Crippen LogP contribution >= 0.6 is 0 Å². The quantitative estimate of drug-likeness (QED) is 0.610. The zero-order valence-corrected chi connectivity index (χ0v) is 15.5. The Hall–Kier alpha value is -2.15. The van der Waals surface area contributed by atoms with Crippen LogP contribution < -0.4 is 4.90 Å². The number of morpholine rings is 1. The highest BCUT2D eigenvalue weighted by Crippen LogP contribution is 2.31. The zero-order valence-electron chi connectivity index (χ0n) is 15.5. The number of nitrogens with zero attached hydrogens (tertiary/aromatic N) is 3. The fourth-order valence-electron chi connectivity index (χ4n) is 3.91. The Morgan fingerprint density at radius 2 is 1.73 bits per heavy atom. The van der Waals surface area contributed by atoms with E-state index in [-0.39, 0.29) is 28.7 Å². The van der Waals surface area contributed by atoms with Gasteiger partial charge in [-0.3, -0.25) is 14.9 Å². The number of benzene rings is 1. The van der Waals surface area contributed by atoms with Crippen molar-refractivity contribution in [3.05, 3.63) is 33.9 Å². The maximum Gasteiger partial charge on any atom is 0.293 e. The Kier molecular flexibility index (Phi) is 5.76. The average Bonchev–Trinajstić information content (AvgIpc) is 2.89. The topological polar surface area (TPSA) is 75.9 Å². The molecule has 1 amide bonds. The summed E-state index contributed by atoms with van der Waals surface area (Å²) in [5.41, 5.74) is 1.01. The molecule has 7 heteroatoms. The van der Waals surface area contributed by atoms with E-state index in [9.17, 15) is 14.9 Å². The Labute approximate surface area is 154 Å². The third-order valence-corrected chi connectivity index (χ3v) is 5.07. The van der Waals surface area contributed by atoms with Crippen LogP contribution in [0.25, 0.3) is 0 Å². The molecule has 0 aliphatic carbocycles. The van der Waals surface area contributed by atoms with Crippen molar-refractivity contribution < 1.29 is 14.5 Å². The fraction of sp³-hybridized carbons (Fsp3) is 0.632. The van der Waals surface area contributed by atoms with Gasteiger partial charge in [0.1, 0.15) is 5.69 Å². The molecule has 2 fully saturated rings. The van der Waals surface area contributed by atoms with Crippen molar-refractivity contribution in [1.29, 1.82) is 0 Å². The molecule has 2 saturated heterocycles. The molecule has 3 rings (SSSR count). The first-order valence-electron chi connectivity index (χ1n) is 9.44. The number of hydrogen-bond donors (Lipinski definition) is 0. The standard InChI is InChI=1S/C19H27N3O4/c1-14-12-21(13-15(2)26-14)19(23)16-7-8-17(18(11-16)22(24)25)20-9-5-3-4-6-10-20/h7-8,11,14-15H,3-6,9-10,12-13H2,1-2H3. The second-order valence-electron chi connectivity index (χ2n) is 7.33. The fourth-order valence-corrected chi connectivity index (χ4v) is 3.91. The Morgan fingerprint density at radius 1 is 1.12 bits per heavy atom. The first-order valence-corrected chi connectivity index (χ1v) is 9.44. The second kappa shape index (κ2) is 8.03. The van der Waals surface area contributed by atoms with Crippen molar-refractivity contribution >= 4 is 17.3 Å². The van der Waals surface area contributed by atoms with Crippen molar-refractivity contribution in [2.75, 3.05) is 31.1 Å². The van der Waals surface area contributed by atoms with Crippen LogP contribution in [0.2, 0.25) is 0 Å². The summed E-state index contributed by atoms with van der Waals surface area (Å²) in [5, 5.41) is 11.6. The van der Waals surface area contributed by atoms with Crippen LogP contribution in [0.15, 0.2) is 18.2 Å². The van der Waals surface area contributed by atoms with Gasteiger partial charge < -0.3 is 14.5 Å². The molecule has 0 N–H and O–H groups in total. The number of nitro groups is 1. The SMILES string of the molecule is CC1CN(C(=O)c2ccc(N3CCCCCC3)c([N+](=O)[O-])c2)CC(C)O1. The van der Waals surface area contributed by atoms with Gasteiger partial charge in [0.25, 0.3) is 11.6 Å². The maximum absolute atomic E-state index is 12.8. The van der Waals surface area contributed by atoms with Crippen molar-refractivity contribution in [2.45, 2.75) is 51.7 Å². The van der Waals surface area contributed by atoms with Crippen LogP contribution in [-0.4, -0.2) is 54.1 Å². The van der Waals surface area contributed by atoms with Crippen molar-refractivity contribution in [3.8, 4) is 0 Å². The molecule has 142 valence electrons. The summed E-state index contributed by atoms with van der Waals surface area (Å²) in [6.45, 7) is 6.52. The molecular formula is C19H27N3O4. The second-order valence-corrected chi connectivity index (χ2v) is 7.33. The Balaban J connectivity index is 1.86. The van der Waals surface area contributed by atoms with Crippen LogP contribution in [0.5, 0.6) is 0 Å². The largest absolute Gasteiger partial charge is 0.372 e. The summed E-state index contributed by atoms with van der Waals surface area (Å²) in [4.78, 5) is 27.9. The third kappa shape index (κ3) is 4.15. The van der Waals surface area contributed by atoms with Gasteiger partial charge in [-0.25, -0.2) is 0 Å². The van der Waals surface area contributed by atoms with E-state index in [1.54, 1.807) is 17.0 Å². The summed E-state index contributed by atoms with van der Waals surface area (Å²) in [6, 6.07) is 4.90. The smallest absolute Gasteiger partial charge is 0.293 e. The summed E-state index contributed by atoms with van der Waals surface area (Å²) in [6.07, 6.45) is 4.34. The summed E-state index contributed by atoms with van der Waals surface area (Å²) in [7, 11) is 0. The van der Waals surface area contributed by atoms with Gasteiger partial charge in [0.05, 0.1) is 17.1 Å². The van der Waals surface area contributed by atoms with Crippen molar-refractivity contribution in [2.24, 2.45) is 0 Å². The summed E-state index contributed by atoms with van der Waals surface area (Å²) in [5.74, 6) is -0.169. The number of ether oxygens (including phenoxy) is 1. The minimum atomic E-state index is -0.373. The minimum absolute atomic E-state index is 0.0205. The third-order valence-electron chi connectivity index (χ3n) is 5.07. The van der Waals surface area contributed by atoms with E-state index in [4.69, 9.17) is 4.74 Å². The number of carbonyl (C=O) groups excluding carboxylic acids is 1. The predicted molar refractivity (Wildman–Crippen MR) is 99.7 cm³/mol.